The van der Waals surface area contributed by atoms with Crippen LogP contribution in [-0.4, -0.2) is 32.0 Å². The van der Waals surface area contributed by atoms with Crippen molar-refractivity contribution in [2.75, 3.05) is 21.3 Å². The predicted molar refractivity (Wildman–Crippen MR) is 97.0 cm³/mol. The van der Waals surface area contributed by atoms with Gasteiger partial charge < -0.3 is 9.47 Å². The first-order valence-corrected chi connectivity index (χ1v) is 8.27. The van der Waals surface area contributed by atoms with Crippen LogP contribution in [0.4, 0.5) is 0 Å². The van der Waals surface area contributed by atoms with Gasteiger partial charge >= 0.3 is 0 Å². The Morgan fingerprint density at radius 3 is 2.38 bits per heavy atom. The third-order valence-electron chi connectivity index (χ3n) is 4.61. The van der Waals surface area contributed by atoms with E-state index in [1.165, 1.54) is 11.1 Å². The van der Waals surface area contributed by atoms with E-state index in [0.717, 1.165) is 35.6 Å². The minimum Gasteiger partial charge on any atom is -0.493 e. The van der Waals surface area contributed by atoms with Gasteiger partial charge in [0.15, 0.2) is 11.5 Å². The highest BCUT2D eigenvalue weighted by atomic mass is 16.5. The van der Waals surface area contributed by atoms with Crippen molar-refractivity contribution < 1.29 is 9.47 Å². The molecule has 1 atom stereocenters. The van der Waals surface area contributed by atoms with E-state index < -0.39 is 0 Å². The van der Waals surface area contributed by atoms with Gasteiger partial charge in [-0.25, -0.2) is 0 Å². The summed E-state index contributed by atoms with van der Waals surface area (Å²) < 4.78 is 10.7. The molecule has 1 aliphatic heterocycles. The van der Waals surface area contributed by atoms with Crippen LogP contribution in [-0.2, 0) is 6.42 Å². The van der Waals surface area contributed by atoms with Crippen molar-refractivity contribution >= 4 is 5.71 Å². The first-order valence-electron chi connectivity index (χ1n) is 8.27. The van der Waals surface area contributed by atoms with E-state index in [4.69, 9.17) is 14.6 Å². The second-order valence-corrected chi connectivity index (χ2v) is 6.01. The Labute approximate surface area is 143 Å². The molecule has 2 aromatic carbocycles. The van der Waals surface area contributed by atoms with Gasteiger partial charge in [-0.05, 0) is 35.7 Å². The zero-order valence-electron chi connectivity index (χ0n) is 14.7. The fourth-order valence-electron chi connectivity index (χ4n) is 3.12. The van der Waals surface area contributed by atoms with Gasteiger partial charge in [-0.2, -0.15) is 5.10 Å². The number of aryl methyl sites for hydroxylation is 1. The first kappa shape index (κ1) is 16.4. The van der Waals surface area contributed by atoms with Gasteiger partial charge in [0.25, 0.3) is 0 Å². The molecule has 0 fully saturated rings. The van der Waals surface area contributed by atoms with Crippen LogP contribution in [0, 0.1) is 0 Å². The van der Waals surface area contributed by atoms with E-state index >= 15 is 0 Å². The van der Waals surface area contributed by atoms with Crippen LogP contribution in [0.15, 0.2) is 47.6 Å². The predicted octanol–water partition coefficient (Wildman–Crippen LogP) is 4.05. The number of methoxy groups -OCH3 is 2. The number of rotatable bonds is 5. The number of ether oxygens (including phenoxy) is 2. The van der Waals surface area contributed by atoms with Crippen molar-refractivity contribution in [3.05, 3.63) is 59.2 Å². The maximum absolute atomic E-state index is 5.41. The number of nitrogens with zero attached hydrogens (tertiary/aromatic N) is 2. The molecule has 24 heavy (non-hydrogen) atoms. The molecule has 3 rings (SSSR count). The van der Waals surface area contributed by atoms with Crippen molar-refractivity contribution in [2.45, 2.75) is 25.8 Å². The lowest BCUT2D eigenvalue weighted by atomic mass is 9.97. The highest BCUT2D eigenvalue weighted by Crippen LogP contribution is 2.34. The van der Waals surface area contributed by atoms with Gasteiger partial charge in [0.1, 0.15) is 0 Å². The summed E-state index contributed by atoms with van der Waals surface area (Å²) in [5.41, 5.74) is 4.81. The van der Waals surface area contributed by atoms with Crippen LogP contribution in [0.3, 0.4) is 0 Å². The summed E-state index contributed by atoms with van der Waals surface area (Å²) in [6.07, 6.45) is 1.95. The monoisotopic (exact) mass is 324 g/mol. The van der Waals surface area contributed by atoms with Gasteiger partial charge in [0, 0.05) is 19.0 Å². The average molecular weight is 324 g/mol. The van der Waals surface area contributed by atoms with Crippen LogP contribution in [0.25, 0.3) is 0 Å². The molecule has 126 valence electrons. The normalized spacial score (nSPS) is 16.9. The average Bonchev–Trinajstić information content (AvgIpc) is 3.03. The molecular formula is C20H24N2O2. The highest BCUT2D eigenvalue weighted by molar-refractivity contribution is 6.02. The van der Waals surface area contributed by atoms with Crippen molar-refractivity contribution in [1.82, 2.24) is 5.01 Å². The van der Waals surface area contributed by atoms with Crippen LogP contribution >= 0.6 is 0 Å². The SMILES string of the molecule is CCc1ccc(C2CC(c3ccc(OC)c(OC)c3)=NN2C)cc1. The Morgan fingerprint density at radius 1 is 1.04 bits per heavy atom. The zero-order valence-corrected chi connectivity index (χ0v) is 14.7. The van der Waals surface area contributed by atoms with E-state index in [9.17, 15) is 0 Å². The maximum Gasteiger partial charge on any atom is 0.161 e. The third kappa shape index (κ3) is 3.09. The van der Waals surface area contributed by atoms with E-state index in [1.54, 1.807) is 14.2 Å². The smallest absolute Gasteiger partial charge is 0.161 e. The summed E-state index contributed by atoms with van der Waals surface area (Å²) in [6.45, 7) is 2.18. The van der Waals surface area contributed by atoms with E-state index in [0.29, 0.717) is 0 Å². The first-order chi connectivity index (χ1) is 11.7. The van der Waals surface area contributed by atoms with Gasteiger partial charge in [-0.15, -0.1) is 0 Å². The summed E-state index contributed by atoms with van der Waals surface area (Å²) in [7, 11) is 5.34. The molecule has 0 saturated heterocycles. The van der Waals surface area contributed by atoms with Crippen molar-refractivity contribution in [2.24, 2.45) is 5.10 Å². The van der Waals surface area contributed by atoms with E-state index in [1.807, 2.05) is 30.3 Å². The molecule has 0 bridgehead atoms. The van der Waals surface area contributed by atoms with Crippen molar-refractivity contribution in [3.63, 3.8) is 0 Å². The molecule has 0 radical (unpaired) electrons. The Kier molecular flexibility index (Phi) is 4.74. The molecule has 1 aliphatic rings. The summed E-state index contributed by atoms with van der Waals surface area (Å²) in [5, 5.41) is 6.79. The van der Waals surface area contributed by atoms with Crippen LogP contribution in [0.5, 0.6) is 11.5 Å². The van der Waals surface area contributed by atoms with Gasteiger partial charge in [0.05, 0.1) is 26.0 Å². The molecule has 0 N–H and O–H groups in total. The molecule has 1 heterocycles. The second-order valence-electron chi connectivity index (χ2n) is 6.01. The lowest BCUT2D eigenvalue weighted by molar-refractivity contribution is 0.290. The lowest BCUT2D eigenvalue weighted by Gasteiger charge is -2.19. The summed E-state index contributed by atoms with van der Waals surface area (Å²) >= 11 is 0. The Bertz CT molecular complexity index is 738. The molecule has 4 nitrogen and oxygen atoms in total. The van der Waals surface area contributed by atoms with Crippen LogP contribution < -0.4 is 9.47 Å². The minimum absolute atomic E-state index is 0.277. The topological polar surface area (TPSA) is 34.1 Å². The molecule has 0 aliphatic carbocycles. The number of hydrogen-bond acceptors (Lipinski definition) is 4. The van der Waals surface area contributed by atoms with Gasteiger partial charge in [-0.1, -0.05) is 31.2 Å². The third-order valence-corrected chi connectivity index (χ3v) is 4.61. The molecule has 0 spiro atoms. The van der Waals surface area contributed by atoms with E-state index in [-0.39, 0.29) is 6.04 Å². The number of benzene rings is 2. The summed E-state index contributed by atoms with van der Waals surface area (Å²) in [4.78, 5) is 0. The molecule has 4 heteroatoms. The van der Waals surface area contributed by atoms with Crippen LogP contribution in [0.1, 0.15) is 36.1 Å². The quantitative estimate of drug-likeness (QED) is 0.832. The van der Waals surface area contributed by atoms with Gasteiger partial charge in [0.2, 0.25) is 0 Å². The van der Waals surface area contributed by atoms with Crippen molar-refractivity contribution in [3.8, 4) is 11.5 Å². The maximum atomic E-state index is 5.41. The molecule has 1 unspecified atom stereocenters. The zero-order chi connectivity index (χ0) is 17.1. The Hall–Kier alpha value is -2.49. The van der Waals surface area contributed by atoms with Gasteiger partial charge in [-0.3, -0.25) is 5.01 Å². The largest absolute Gasteiger partial charge is 0.493 e. The molecule has 0 saturated carbocycles. The second kappa shape index (κ2) is 6.95. The van der Waals surface area contributed by atoms with E-state index in [2.05, 4.69) is 31.2 Å². The lowest BCUT2D eigenvalue weighted by Crippen LogP contribution is -2.13. The minimum atomic E-state index is 0.277. The van der Waals surface area contributed by atoms with Crippen LogP contribution in [0.2, 0.25) is 0 Å². The fraction of sp³-hybridized carbons (Fsp3) is 0.350. The molecule has 2 aromatic rings. The molecule has 0 amide bonds. The summed E-state index contributed by atoms with van der Waals surface area (Å²) in [5.74, 6) is 1.47. The standard InChI is InChI=1S/C20H24N2O2/c1-5-14-6-8-15(9-7-14)18-13-17(21-22(18)2)16-10-11-19(23-3)20(12-16)24-4/h6-12,18H,5,13H2,1-4H3. The molecule has 0 aromatic heterocycles. The number of hydrazone groups is 1. The van der Waals surface area contributed by atoms with Crippen molar-refractivity contribution in [1.29, 1.82) is 0 Å². The Morgan fingerprint density at radius 2 is 1.75 bits per heavy atom. The summed E-state index contributed by atoms with van der Waals surface area (Å²) in [6, 6.07) is 15.1. The fourth-order valence-corrected chi connectivity index (χ4v) is 3.12. The highest BCUT2D eigenvalue weighted by Gasteiger charge is 2.26. The Balaban J connectivity index is 1.83. The number of hydrogen-bond donors (Lipinski definition) is 0. The molecular weight excluding hydrogens is 300 g/mol.